The van der Waals surface area contributed by atoms with Gasteiger partial charge in [-0.25, -0.2) is 4.39 Å². The summed E-state index contributed by atoms with van der Waals surface area (Å²) in [6.45, 7) is 0. The number of rotatable bonds is 3. The van der Waals surface area contributed by atoms with Crippen molar-refractivity contribution in [3.63, 3.8) is 0 Å². The van der Waals surface area contributed by atoms with Crippen molar-refractivity contribution in [1.29, 1.82) is 0 Å². The normalized spacial score (nSPS) is 18.2. The molecule has 1 aliphatic rings. The molecule has 1 aromatic rings. The van der Waals surface area contributed by atoms with E-state index in [-0.39, 0.29) is 11.9 Å². The monoisotopic (exact) mass is 258 g/mol. The fourth-order valence-electron chi connectivity index (χ4n) is 1.67. The highest BCUT2D eigenvalue weighted by Crippen LogP contribution is 2.42. The van der Waals surface area contributed by atoms with Crippen molar-refractivity contribution in [2.75, 3.05) is 0 Å². The van der Waals surface area contributed by atoms with Crippen LogP contribution >= 0.6 is 15.9 Å². The molecule has 0 bridgehead atoms. The van der Waals surface area contributed by atoms with Gasteiger partial charge >= 0.3 is 0 Å². The van der Waals surface area contributed by atoms with Crippen LogP contribution in [-0.4, -0.2) is 0 Å². The highest BCUT2D eigenvalue weighted by atomic mass is 79.9. The Morgan fingerprint density at radius 3 is 2.79 bits per heavy atom. The Kier molecular flexibility index (Phi) is 2.85. The molecule has 14 heavy (non-hydrogen) atoms. The quantitative estimate of drug-likeness (QED) is 0.646. The van der Waals surface area contributed by atoms with Gasteiger partial charge in [0.25, 0.3) is 0 Å². The Morgan fingerprint density at radius 1 is 1.50 bits per heavy atom. The van der Waals surface area contributed by atoms with Crippen LogP contribution in [0.25, 0.3) is 0 Å². The van der Waals surface area contributed by atoms with Crippen molar-refractivity contribution in [2.24, 2.45) is 11.8 Å². The number of halogens is 2. The maximum atomic E-state index is 13.2. The Balaban J connectivity index is 2.33. The number of hydrazine groups is 1. The molecule has 1 saturated carbocycles. The molecule has 3 N–H and O–H groups in total. The average molecular weight is 259 g/mol. The molecule has 0 aliphatic heterocycles. The van der Waals surface area contributed by atoms with E-state index in [0.717, 1.165) is 18.4 Å². The lowest BCUT2D eigenvalue weighted by atomic mass is 10.0. The molecule has 0 radical (unpaired) electrons. The summed E-state index contributed by atoms with van der Waals surface area (Å²) in [7, 11) is 0. The van der Waals surface area contributed by atoms with E-state index in [1.807, 2.05) is 6.07 Å². The predicted molar refractivity (Wildman–Crippen MR) is 56.9 cm³/mol. The summed E-state index contributed by atoms with van der Waals surface area (Å²) in [6.07, 6.45) is 2.33. The first-order chi connectivity index (χ1) is 6.74. The minimum atomic E-state index is -0.233. The first kappa shape index (κ1) is 10.1. The van der Waals surface area contributed by atoms with Crippen LogP contribution in [-0.2, 0) is 0 Å². The molecule has 2 nitrogen and oxygen atoms in total. The Hall–Kier alpha value is -0.450. The Morgan fingerprint density at radius 2 is 2.21 bits per heavy atom. The molecule has 0 heterocycles. The molecule has 1 aliphatic carbocycles. The number of nitrogens with one attached hydrogen (secondary N) is 1. The zero-order chi connectivity index (χ0) is 10.1. The summed E-state index contributed by atoms with van der Waals surface area (Å²) in [4.78, 5) is 0. The van der Waals surface area contributed by atoms with Crippen molar-refractivity contribution in [3.05, 3.63) is 34.1 Å². The zero-order valence-corrected chi connectivity index (χ0v) is 9.22. The average Bonchev–Trinajstić information content (AvgIpc) is 2.97. The van der Waals surface area contributed by atoms with Gasteiger partial charge in [-0.3, -0.25) is 11.3 Å². The van der Waals surface area contributed by atoms with Crippen LogP contribution in [0.4, 0.5) is 4.39 Å². The van der Waals surface area contributed by atoms with E-state index in [9.17, 15) is 4.39 Å². The maximum Gasteiger partial charge on any atom is 0.137 e. The fourth-order valence-corrected chi connectivity index (χ4v) is 2.18. The van der Waals surface area contributed by atoms with E-state index in [2.05, 4.69) is 21.4 Å². The summed E-state index contributed by atoms with van der Waals surface area (Å²) in [5.74, 6) is 5.79. The molecule has 0 saturated heterocycles. The second-order valence-corrected chi connectivity index (χ2v) is 4.42. The molecule has 1 fully saturated rings. The van der Waals surface area contributed by atoms with Crippen LogP contribution in [0.15, 0.2) is 22.7 Å². The summed E-state index contributed by atoms with van der Waals surface area (Å²) in [6, 6.07) is 5.12. The lowest BCUT2D eigenvalue weighted by molar-refractivity contribution is 0.490. The number of hydrogen-bond acceptors (Lipinski definition) is 2. The van der Waals surface area contributed by atoms with E-state index < -0.39 is 0 Å². The molecule has 0 spiro atoms. The number of hydrogen-bond donors (Lipinski definition) is 2. The third-order valence-electron chi connectivity index (χ3n) is 2.59. The van der Waals surface area contributed by atoms with Gasteiger partial charge in [0.2, 0.25) is 0 Å². The van der Waals surface area contributed by atoms with Crippen LogP contribution in [0.1, 0.15) is 24.4 Å². The molecule has 4 heteroatoms. The van der Waals surface area contributed by atoms with Gasteiger partial charge in [-0.05, 0) is 46.3 Å². The van der Waals surface area contributed by atoms with E-state index in [4.69, 9.17) is 5.84 Å². The summed E-state index contributed by atoms with van der Waals surface area (Å²) < 4.78 is 13.8. The van der Waals surface area contributed by atoms with Crippen molar-refractivity contribution in [3.8, 4) is 0 Å². The molecule has 1 aromatic carbocycles. The van der Waals surface area contributed by atoms with Gasteiger partial charge in [0.05, 0.1) is 4.47 Å². The first-order valence-corrected chi connectivity index (χ1v) is 5.43. The molecule has 1 unspecified atom stereocenters. The first-order valence-electron chi connectivity index (χ1n) is 4.64. The van der Waals surface area contributed by atoms with Gasteiger partial charge in [0.1, 0.15) is 5.82 Å². The SMILES string of the molecule is NNC(c1cccc(F)c1Br)C1CC1. The lowest BCUT2D eigenvalue weighted by Crippen LogP contribution is -2.29. The lowest BCUT2D eigenvalue weighted by Gasteiger charge is -2.17. The van der Waals surface area contributed by atoms with Crippen LogP contribution < -0.4 is 11.3 Å². The molecule has 1 atom stereocenters. The van der Waals surface area contributed by atoms with E-state index in [0.29, 0.717) is 10.4 Å². The summed E-state index contributed by atoms with van der Waals surface area (Å²) >= 11 is 3.25. The standard InChI is InChI=1S/C10H12BrFN2/c11-9-7(2-1-3-8(9)12)10(14-13)6-4-5-6/h1-3,6,10,14H,4-5,13H2. The van der Waals surface area contributed by atoms with Crippen LogP contribution in [0.3, 0.4) is 0 Å². The smallest absolute Gasteiger partial charge is 0.137 e. The number of nitrogens with two attached hydrogens (primary N) is 1. The van der Waals surface area contributed by atoms with Crippen molar-refractivity contribution >= 4 is 15.9 Å². The largest absolute Gasteiger partial charge is 0.271 e. The summed E-state index contributed by atoms with van der Waals surface area (Å²) in [5.41, 5.74) is 3.66. The van der Waals surface area contributed by atoms with Crippen LogP contribution in [0.5, 0.6) is 0 Å². The van der Waals surface area contributed by atoms with Gasteiger partial charge in [-0.2, -0.15) is 0 Å². The molecule has 0 amide bonds. The van der Waals surface area contributed by atoms with Crippen LogP contribution in [0, 0.1) is 11.7 Å². The third kappa shape index (κ3) is 1.82. The van der Waals surface area contributed by atoms with Crippen molar-refractivity contribution in [2.45, 2.75) is 18.9 Å². The van der Waals surface area contributed by atoms with Gasteiger partial charge in [0, 0.05) is 6.04 Å². The Labute approximate surface area is 90.8 Å². The minimum Gasteiger partial charge on any atom is -0.271 e. The zero-order valence-electron chi connectivity index (χ0n) is 7.63. The van der Waals surface area contributed by atoms with Gasteiger partial charge in [-0.1, -0.05) is 12.1 Å². The van der Waals surface area contributed by atoms with E-state index >= 15 is 0 Å². The van der Waals surface area contributed by atoms with Gasteiger partial charge in [0.15, 0.2) is 0 Å². The predicted octanol–water partition coefficient (Wildman–Crippen LogP) is 2.50. The molecular weight excluding hydrogens is 247 g/mol. The van der Waals surface area contributed by atoms with Crippen LogP contribution in [0.2, 0.25) is 0 Å². The number of benzene rings is 1. The topological polar surface area (TPSA) is 38.0 Å². The molecular formula is C10H12BrFN2. The highest BCUT2D eigenvalue weighted by molar-refractivity contribution is 9.10. The highest BCUT2D eigenvalue weighted by Gasteiger charge is 2.32. The van der Waals surface area contributed by atoms with E-state index in [1.54, 1.807) is 6.07 Å². The second kappa shape index (κ2) is 3.96. The van der Waals surface area contributed by atoms with Gasteiger partial charge < -0.3 is 0 Å². The van der Waals surface area contributed by atoms with Crippen molar-refractivity contribution < 1.29 is 4.39 Å². The minimum absolute atomic E-state index is 0.0695. The maximum absolute atomic E-state index is 13.2. The molecule has 0 aromatic heterocycles. The Bertz CT molecular complexity index is 339. The fraction of sp³-hybridized carbons (Fsp3) is 0.400. The van der Waals surface area contributed by atoms with Crippen molar-refractivity contribution in [1.82, 2.24) is 5.43 Å². The summed E-state index contributed by atoms with van der Waals surface area (Å²) in [5, 5.41) is 0. The molecule has 2 rings (SSSR count). The van der Waals surface area contributed by atoms with E-state index in [1.165, 1.54) is 6.07 Å². The second-order valence-electron chi connectivity index (χ2n) is 3.62. The van der Waals surface area contributed by atoms with Gasteiger partial charge in [-0.15, -0.1) is 0 Å². The third-order valence-corrected chi connectivity index (χ3v) is 3.43. The molecule has 76 valence electrons.